The van der Waals surface area contributed by atoms with Crippen molar-refractivity contribution in [2.45, 2.75) is 102 Å². The van der Waals surface area contributed by atoms with E-state index < -0.39 is 49.1 Å². The zero-order chi connectivity index (χ0) is 31.1. The van der Waals surface area contributed by atoms with E-state index in [4.69, 9.17) is 4.74 Å². The van der Waals surface area contributed by atoms with E-state index in [1.54, 1.807) is 0 Å². The standard InChI is InChI=1S/C30H44N6O7/c1-4-5-15-31-28(41)25(20-12-7-6-8-13-20)36(29(42)21-14-10-9-11-18(21)2)23-16-35(34-33-23)30-24(32-19(3)38)27(40)26(39)22(17-37)43-30/h6-7,9,11,16,20,22,24-27,30,37,39-40H,4-5,8,10,12-15,17H2,1-3H3,(H,31,41)(H,32,38). The molecule has 1 aromatic rings. The molecule has 3 aliphatic rings. The molecule has 1 saturated heterocycles. The van der Waals surface area contributed by atoms with Gasteiger partial charge < -0.3 is 30.7 Å². The molecule has 1 aliphatic heterocycles. The molecule has 3 amide bonds. The van der Waals surface area contributed by atoms with Gasteiger partial charge in [0.15, 0.2) is 12.0 Å². The normalized spacial score (nSPS) is 28.0. The maximum Gasteiger partial charge on any atom is 0.256 e. The summed E-state index contributed by atoms with van der Waals surface area (Å²) in [6, 6.07) is -2.01. The lowest BCUT2D eigenvalue weighted by Gasteiger charge is -2.42. The Kier molecular flexibility index (Phi) is 11.2. The Labute approximate surface area is 251 Å². The van der Waals surface area contributed by atoms with Gasteiger partial charge in [-0.25, -0.2) is 4.68 Å². The number of anilines is 1. The molecule has 0 aromatic carbocycles. The van der Waals surface area contributed by atoms with Crippen LogP contribution >= 0.6 is 0 Å². The van der Waals surface area contributed by atoms with Crippen molar-refractivity contribution < 1.29 is 34.4 Å². The molecule has 5 N–H and O–H groups in total. The monoisotopic (exact) mass is 600 g/mol. The number of hydrogen-bond acceptors (Lipinski definition) is 9. The van der Waals surface area contributed by atoms with Gasteiger partial charge in [-0.2, -0.15) is 0 Å². The van der Waals surface area contributed by atoms with Crippen molar-refractivity contribution in [3.63, 3.8) is 0 Å². The second-order valence-electron chi connectivity index (χ2n) is 11.4. The molecule has 0 spiro atoms. The first-order chi connectivity index (χ1) is 20.7. The first-order valence-electron chi connectivity index (χ1n) is 15.1. The average Bonchev–Trinajstić information content (AvgIpc) is 3.48. The van der Waals surface area contributed by atoms with Gasteiger partial charge in [0.1, 0.15) is 30.4 Å². The Morgan fingerprint density at radius 1 is 1.19 bits per heavy atom. The van der Waals surface area contributed by atoms with E-state index in [9.17, 15) is 29.7 Å². The van der Waals surface area contributed by atoms with Gasteiger partial charge in [0.2, 0.25) is 11.8 Å². The molecule has 2 heterocycles. The number of nitrogens with one attached hydrogen (secondary N) is 2. The fraction of sp³-hybridized carbons (Fsp3) is 0.633. The summed E-state index contributed by atoms with van der Waals surface area (Å²) in [6.45, 7) is 5.05. The molecular formula is C30H44N6O7. The maximum absolute atomic E-state index is 14.4. The van der Waals surface area contributed by atoms with Crippen LogP contribution in [0, 0.1) is 5.92 Å². The Morgan fingerprint density at radius 3 is 2.63 bits per heavy atom. The molecule has 1 aromatic heterocycles. The predicted octanol–water partition coefficient (Wildman–Crippen LogP) is 1.04. The molecule has 13 heteroatoms. The van der Waals surface area contributed by atoms with E-state index in [0.29, 0.717) is 37.8 Å². The van der Waals surface area contributed by atoms with E-state index in [1.165, 1.54) is 22.7 Å². The topological polar surface area (TPSA) is 179 Å². The van der Waals surface area contributed by atoms with Crippen LogP contribution in [0.25, 0.3) is 0 Å². The molecule has 7 atom stereocenters. The molecular weight excluding hydrogens is 556 g/mol. The van der Waals surface area contributed by atoms with Crippen LogP contribution in [0.1, 0.15) is 71.9 Å². The minimum atomic E-state index is -1.49. The Hall–Kier alpha value is -3.39. The number of allylic oxidation sites excluding steroid dienone is 5. The van der Waals surface area contributed by atoms with Gasteiger partial charge in [0.05, 0.1) is 12.8 Å². The lowest BCUT2D eigenvalue weighted by atomic mass is 9.85. The van der Waals surface area contributed by atoms with Crippen LogP contribution < -0.4 is 15.5 Å². The van der Waals surface area contributed by atoms with E-state index >= 15 is 0 Å². The maximum atomic E-state index is 14.4. The molecule has 7 unspecified atom stereocenters. The summed E-state index contributed by atoms with van der Waals surface area (Å²) in [7, 11) is 0. The van der Waals surface area contributed by atoms with Gasteiger partial charge in [-0.1, -0.05) is 42.9 Å². The van der Waals surface area contributed by atoms with Crippen LogP contribution in [0.15, 0.2) is 41.6 Å². The highest BCUT2D eigenvalue weighted by Crippen LogP contribution is 2.33. The van der Waals surface area contributed by atoms with Gasteiger partial charge in [-0.05, 0) is 56.9 Å². The number of carbonyl (C=O) groups excluding carboxylic acids is 3. The number of unbranched alkanes of at least 4 members (excludes halogenated alkanes) is 1. The van der Waals surface area contributed by atoms with Gasteiger partial charge in [0.25, 0.3) is 5.91 Å². The lowest BCUT2D eigenvalue weighted by Crippen LogP contribution is -2.62. The third kappa shape index (κ3) is 7.40. The van der Waals surface area contributed by atoms with Crippen molar-refractivity contribution in [3.05, 3.63) is 41.6 Å². The predicted molar refractivity (Wildman–Crippen MR) is 157 cm³/mol. The van der Waals surface area contributed by atoms with Crippen LogP contribution in [-0.2, 0) is 19.1 Å². The van der Waals surface area contributed by atoms with Crippen LogP contribution in [0.4, 0.5) is 5.82 Å². The van der Waals surface area contributed by atoms with Gasteiger partial charge in [0, 0.05) is 19.0 Å². The molecule has 1 fully saturated rings. The van der Waals surface area contributed by atoms with Gasteiger partial charge in [-0.3, -0.25) is 19.3 Å². The summed E-state index contributed by atoms with van der Waals surface area (Å²) < 4.78 is 7.11. The summed E-state index contributed by atoms with van der Waals surface area (Å²) >= 11 is 0. The quantitative estimate of drug-likeness (QED) is 0.183. The minimum Gasteiger partial charge on any atom is -0.394 e. The fourth-order valence-electron chi connectivity index (χ4n) is 5.93. The Bertz CT molecular complexity index is 1240. The first kappa shape index (κ1) is 32.5. The van der Waals surface area contributed by atoms with Crippen molar-refractivity contribution >= 4 is 23.5 Å². The van der Waals surface area contributed by atoms with Crippen molar-refractivity contribution in [2.24, 2.45) is 5.92 Å². The summed E-state index contributed by atoms with van der Waals surface area (Å²) in [5.74, 6) is -1.16. The highest BCUT2D eigenvalue weighted by atomic mass is 16.5. The van der Waals surface area contributed by atoms with E-state index in [0.717, 1.165) is 24.8 Å². The number of ether oxygens (including phenoxy) is 1. The second kappa shape index (κ2) is 14.9. The zero-order valence-corrected chi connectivity index (χ0v) is 25.1. The van der Waals surface area contributed by atoms with E-state index in [-0.39, 0.29) is 23.6 Å². The van der Waals surface area contributed by atoms with Crippen molar-refractivity contribution in [1.29, 1.82) is 0 Å². The van der Waals surface area contributed by atoms with Crippen LogP contribution in [-0.4, -0.2) is 91.6 Å². The zero-order valence-electron chi connectivity index (χ0n) is 25.1. The van der Waals surface area contributed by atoms with E-state index in [2.05, 4.69) is 27.0 Å². The first-order valence-corrected chi connectivity index (χ1v) is 15.1. The molecule has 0 radical (unpaired) electrons. The molecule has 4 rings (SSSR count). The minimum absolute atomic E-state index is 0.108. The second-order valence-corrected chi connectivity index (χ2v) is 11.4. The van der Waals surface area contributed by atoms with Gasteiger partial charge in [-0.15, -0.1) is 5.10 Å². The highest BCUT2D eigenvalue weighted by molar-refractivity contribution is 6.09. The summed E-state index contributed by atoms with van der Waals surface area (Å²) in [4.78, 5) is 41.7. The molecule has 13 nitrogen and oxygen atoms in total. The number of hydrogen-bond donors (Lipinski definition) is 5. The van der Waals surface area contributed by atoms with Crippen LogP contribution in [0.2, 0.25) is 0 Å². The number of carbonyl (C=O) groups is 3. The lowest BCUT2D eigenvalue weighted by molar-refractivity contribution is -0.219. The smallest absolute Gasteiger partial charge is 0.256 e. The molecule has 0 saturated carbocycles. The molecule has 2 aliphatic carbocycles. The van der Waals surface area contributed by atoms with Crippen LogP contribution in [0.3, 0.4) is 0 Å². The largest absolute Gasteiger partial charge is 0.394 e. The molecule has 236 valence electrons. The molecule has 43 heavy (non-hydrogen) atoms. The number of rotatable bonds is 11. The van der Waals surface area contributed by atoms with Crippen molar-refractivity contribution in [2.75, 3.05) is 18.1 Å². The third-order valence-electron chi connectivity index (χ3n) is 8.29. The summed E-state index contributed by atoms with van der Waals surface area (Å²) in [5.41, 5.74) is 1.39. The summed E-state index contributed by atoms with van der Waals surface area (Å²) in [6.07, 6.45) is 9.16. The number of aliphatic hydroxyl groups is 3. The SMILES string of the molecule is CCCCNC(=O)C(C1CC=CCC1)N(C(=O)C1=C(C)C=CCC1)c1cn(C2OC(CO)C(O)C(O)C2NC(C)=O)nn1. The van der Waals surface area contributed by atoms with E-state index in [1.807, 2.05) is 32.1 Å². The Balaban J connectivity index is 1.78. The fourth-order valence-corrected chi connectivity index (χ4v) is 5.93. The van der Waals surface area contributed by atoms with Crippen molar-refractivity contribution in [3.8, 4) is 0 Å². The summed E-state index contributed by atoms with van der Waals surface area (Å²) in [5, 5.41) is 45.1. The highest BCUT2D eigenvalue weighted by Gasteiger charge is 2.47. The number of amides is 3. The van der Waals surface area contributed by atoms with Crippen molar-refractivity contribution in [1.82, 2.24) is 25.6 Å². The van der Waals surface area contributed by atoms with Gasteiger partial charge >= 0.3 is 0 Å². The van der Waals surface area contributed by atoms with Crippen LogP contribution in [0.5, 0.6) is 0 Å². The third-order valence-corrected chi connectivity index (χ3v) is 8.29. The molecule has 0 bridgehead atoms. The average molecular weight is 601 g/mol. The number of aromatic nitrogens is 3. The number of nitrogens with zero attached hydrogens (tertiary/aromatic N) is 4. The Morgan fingerprint density at radius 2 is 1.98 bits per heavy atom. The number of aliphatic hydroxyl groups excluding tert-OH is 3.